The van der Waals surface area contributed by atoms with Gasteiger partial charge in [0.2, 0.25) is 5.91 Å². The van der Waals surface area contributed by atoms with Crippen LogP contribution in [0.25, 0.3) is 0 Å². The molecule has 0 radical (unpaired) electrons. The van der Waals surface area contributed by atoms with E-state index in [0.717, 1.165) is 38.2 Å². The molecule has 7 heteroatoms. The third-order valence-corrected chi connectivity index (χ3v) is 4.01. The van der Waals surface area contributed by atoms with Gasteiger partial charge in [0.05, 0.1) is 6.04 Å². The predicted octanol–water partition coefficient (Wildman–Crippen LogP) is 0.576. The van der Waals surface area contributed by atoms with Crippen molar-refractivity contribution in [2.45, 2.75) is 38.3 Å². The highest BCUT2D eigenvalue weighted by atomic mass is 16.5. The summed E-state index contributed by atoms with van der Waals surface area (Å²) in [5.41, 5.74) is 0. The third-order valence-electron chi connectivity index (χ3n) is 4.01. The number of ether oxygens (including phenoxy) is 1. The summed E-state index contributed by atoms with van der Waals surface area (Å²) in [6, 6.07) is 3.95. The van der Waals surface area contributed by atoms with Gasteiger partial charge in [0, 0.05) is 45.6 Å². The lowest BCUT2D eigenvalue weighted by molar-refractivity contribution is -0.123. The van der Waals surface area contributed by atoms with E-state index in [9.17, 15) is 4.79 Å². The third kappa shape index (κ3) is 5.76. The highest BCUT2D eigenvalue weighted by Crippen LogP contribution is 2.16. The summed E-state index contributed by atoms with van der Waals surface area (Å²) in [6.07, 6.45) is 4.66. The van der Waals surface area contributed by atoms with Gasteiger partial charge in [0.15, 0.2) is 5.82 Å². The number of aromatic nitrogens is 2. The molecule has 0 unspecified atom stereocenters. The minimum Gasteiger partial charge on any atom is -0.385 e. The Morgan fingerprint density at radius 3 is 3.17 bits per heavy atom. The SMILES string of the molecule is COCCCNC(=O)[C@H](C)N[C@H]1CCCN(c2cccnn2)C1. The van der Waals surface area contributed by atoms with Crippen LogP contribution in [0.2, 0.25) is 0 Å². The van der Waals surface area contributed by atoms with Crippen molar-refractivity contribution in [2.24, 2.45) is 0 Å². The van der Waals surface area contributed by atoms with Crippen LogP contribution in [0.15, 0.2) is 18.3 Å². The zero-order valence-corrected chi connectivity index (χ0v) is 14.0. The Balaban J connectivity index is 1.77. The molecule has 1 aromatic heterocycles. The van der Waals surface area contributed by atoms with E-state index in [2.05, 4.69) is 25.7 Å². The van der Waals surface area contributed by atoms with E-state index in [-0.39, 0.29) is 18.0 Å². The fourth-order valence-corrected chi connectivity index (χ4v) is 2.79. The highest BCUT2D eigenvalue weighted by Gasteiger charge is 2.24. The van der Waals surface area contributed by atoms with Crippen LogP contribution in [0.5, 0.6) is 0 Å². The zero-order chi connectivity index (χ0) is 16.5. The lowest BCUT2D eigenvalue weighted by Gasteiger charge is -2.35. The van der Waals surface area contributed by atoms with E-state index in [0.29, 0.717) is 13.2 Å². The highest BCUT2D eigenvalue weighted by molar-refractivity contribution is 5.81. The number of rotatable bonds is 8. The van der Waals surface area contributed by atoms with Gasteiger partial charge in [-0.2, -0.15) is 5.10 Å². The average molecular weight is 321 g/mol. The molecule has 2 N–H and O–H groups in total. The zero-order valence-electron chi connectivity index (χ0n) is 14.0. The lowest BCUT2D eigenvalue weighted by atomic mass is 10.0. The van der Waals surface area contributed by atoms with Crippen LogP contribution in [-0.2, 0) is 9.53 Å². The van der Waals surface area contributed by atoms with Gasteiger partial charge in [-0.1, -0.05) is 0 Å². The topological polar surface area (TPSA) is 79.4 Å². The second kappa shape index (κ2) is 9.42. The number of anilines is 1. The molecule has 0 saturated carbocycles. The number of piperidine rings is 1. The van der Waals surface area contributed by atoms with Crippen LogP contribution in [0.1, 0.15) is 26.2 Å². The molecule has 0 bridgehead atoms. The number of methoxy groups -OCH3 is 1. The van der Waals surface area contributed by atoms with Crippen molar-refractivity contribution in [3.8, 4) is 0 Å². The van der Waals surface area contributed by atoms with Gasteiger partial charge in [0.1, 0.15) is 0 Å². The van der Waals surface area contributed by atoms with Crippen molar-refractivity contribution < 1.29 is 9.53 Å². The minimum absolute atomic E-state index is 0.0396. The average Bonchev–Trinajstić information content (AvgIpc) is 2.59. The monoisotopic (exact) mass is 321 g/mol. The number of hydrogen-bond acceptors (Lipinski definition) is 6. The predicted molar refractivity (Wildman–Crippen MR) is 89.4 cm³/mol. The Bertz CT molecular complexity index is 471. The lowest BCUT2D eigenvalue weighted by Crippen LogP contribution is -2.53. The largest absolute Gasteiger partial charge is 0.385 e. The van der Waals surface area contributed by atoms with E-state index in [1.54, 1.807) is 13.3 Å². The normalized spacial score (nSPS) is 19.4. The number of carbonyl (C=O) groups excluding carboxylic acids is 1. The molecule has 2 heterocycles. The van der Waals surface area contributed by atoms with E-state index in [1.165, 1.54) is 0 Å². The molecule has 0 aromatic carbocycles. The number of nitrogens with one attached hydrogen (secondary N) is 2. The second-order valence-corrected chi connectivity index (χ2v) is 5.89. The van der Waals surface area contributed by atoms with Crippen molar-refractivity contribution in [1.82, 2.24) is 20.8 Å². The van der Waals surface area contributed by atoms with Crippen molar-refractivity contribution >= 4 is 11.7 Å². The first-order chi connectivity index (χ1) is 11.2. The molecule has 2 atom stereocenters. The Kier molecular flexibility index (Phi) is 7.22. The molecule has 1 aliphatic rings. The summed E-state index contributed by atoms with van der Waals surface area (Å²) in [6.45, 7) is 5.05. The molecule has 1 amide bonds. The summed E-state index contributed by atoms with van der Waals surface area (Å²) in [7, 11) is 1.66. The van der Waals surface area contributed by atoms with Crippen molar-refractivity contribution in [2.75, 3.05) is 38.3 Å². The Labute approximate surface area is 137 Å². The molecule has 128 valence electrons. The van der Waals surface area contributed by atoms with Gasteiger partial charge >= 0.3 is 0 Å². The van der Waals surface area contributed by atoms with Crippen molar-refractivity contribution in [1.29, 1.82) is 0 Å². The number of carbonyl (C=O) groups is 1. The number of nitrogens with zero attached hydrogens (tertiary/aromatic N) is 3. The Morgan fingerprint density at radius 2 is 2.43 bits per heavy atom. The molecular formula is C16H27N5O2. The molecule has 1 saturated heterocycles. The maximum atomic E-state index is 12.1. The smallest absolute Gasteiger partial charge is 0.236 e. The Hall–Kier alpha value is -1.73. The molecular weight excluding hydrogens is 294 g/mol. The number of amides is 1. The maximum Gasteiger partial charge on any atom is 0.236 e. The molecule has 0 spiro atoms. The van der Waals surface area contributed by atoms with Crippen LogP contribution in [-0.4, -0.2) is 61.5 Å². The summed E-state index contributed by atoms with van der Waals surface area (Å²) < 4.78 is 4.98. The van der Waals surface area contributed by atoms with Gasteiger partial charge < -0.3 is 20.3 Å². The summed E-state index contributed by atoms with van der Waals surface area (Å²) in [5, 5.41) is 14.5. The first kappa shape index (κ1) is 17.6. The van der Waals surface area contributed by atoms with Crippen molar-refractivity contribution in [3.05, 3.63) is 18.3 Å². The van der Waals surface area contributed by atoms with E-state index in [1.807, 2.05) is 19.1 Å². The summed E-state index contributed by atoms with van der Waals surface area (Å²) in [4.78, 5) is 14.3. The van der Waals surface area contributed by atoms with Gasteiger partial charge in [-0.15, -0.1) is 5.10 Å². The van der Waals surface area contributed by atoms with Gasteiger partial charge in [0.25, 0.3) is 0 Å². The van der Waals surface area contributed by atoms with E-state index >= 15 is 0 Å². The molecule has 1 fully saturated rings. The van der Waals surface area contributed by atoms with Crippen LogP contribution in [0.3, 0.4) is 0 Å². The van der Waals surface area contributed by atoms with Crippen LogP contribution < -0.4 is 15.5 Å². The van der Waals surface area contributed by atoms with Gasteiger partial charge in [-0.25, -0.2) is 0 Å². The van der Waals surface area contributed by atoms with E-state index in [4.69, 9.17) is 4.74 Å². The maximum absolute atomic E-state index is 12.1. The molecule has 2 rings (SSSR count). The fourth-order valence-electron chi connectivity index (χ4n) is 2.79. The first-order valence-electron chi connectivity index (χ1n) is 8.26. The molecule has 0 aliphatic carbocycles. The first-order valence-corrected chi connectivity index (χ1v) is 8.26. The number of hydrogen-bond donors (Lipinski definition) is 2. The quantitative estimate of drug-likeness (QED) is 0.682. The minimum atomic E-state index is -0.204. The van der Waals surface area contributed by atoms with Crippen LogP contribution in [0.4, 0.5) is 5.82 Å². The molecule has 7 nitrogen and oxygen atoms in total. The van der Waals surface area contributed by atoms with Gasteiger partial charge in [-0.05, 0) is 38.3 Å². The summed E-state index contributed by atoms with van der Waals surface area (Å²) in [5.74, 6) is 0.938. The molecule has 1 aliphatic heterocycles. The van der Waals surface area contributed by atoms with Crippen molar-refractivity contribution in [3.63, 3.8) is 0 Å². The van der Waals surface area contributed by atoms with E-state index < -0.39 is 0 Å². The fraction of sp³-hybridized carbons (Fsp3) is 0.688. The van der Waals surface area contributed by atoms with Gasteiger partial charge in [-0.3, -0.25) is 4.79 Å². The molecule has 23 heavy (non-hydrogen) atoms. The second-order valence-electron chi connectivity index (χ2n) is 5.89. The summed E-state index contributed by atoms with van der Waals surface area (Å²) >= 11 is 0. The Morgan fingerprint density at radius 1 is 1.57 bits per heavy atom. The standard InChI is InChI=1S/C16H27N5O2/c1-13(16(22)17-8-5-11-23-2)19-14-6-4-10-21(12-14)15-7-3-9-18-20-15/h3,7,9,13-14,19H,4-6,8,10-12H2,1-2H3,(H,17,22)/t13-,14-/m0/s1. The van der Waals surface area contributed by atoms with Crippen LogP contribution in [0, 0.1) is 0 Å². The van der Waals surface area contributed by atoms with Crippen LogP contribution >= 0.6 is 0 Å². The molecule has 1 aromatic rings.